The van der Waals surface area contributed by atoms with E-state index in [-0.39, 0.29) is 11.5 Å². The highest BCUT2D eigenvalue weighted by molar-refractivity contribution is 7.15. The molecule has 0 aliphatic rings. The Kier molecular flexibility index (Phi) is 8.17. The molecule has 0 spiro atoms. The monoisotopic (exact) mass is 462 g/mol. The summed E-state index contributed by atoms with van der Waals surface area (Å²) in [6, 6.07) is 15.2. The number of aryl methyl sites for hydroxylation is 2. The van der Waals surface area contributed by atoms with Crippen molar-refractivity contribution < 1.29 is 14.3 Å². The maximum atomic E-state index is 12.4. The summed E-state index contributed by atoms with van der Waals surface area (Å²) in [5.74, 6) is 1.20. The number of amides is 1. The molecule has 2 aromatic carbocycles. The van der Waals surface area contributed by atoms with Crippen LogP contribution < -0.4 is 14.8 Å². The minimum atomic E-state index is -0.521. The molecule has 33 heavy (non-hydrogen) atoms. The van der Waals surface area contributed by atoms with Crippen molar-refractivity contribution in [2.24, 2.45) is 0 Å². The summed E-state index contributed by atoms with van der Waals surface area (Å²) in [6.45, 7) is 8.89. The van der Waals surface area contributed by atoms with E-state index < -0.39 is 5.91 Å². The molecule has 0 unspecified atom stereocenters. The Morgan fingerprint density at radius 3 is 2.27 bits per heavy atom. The molecule has 0 saturated heterocycles. The van der Waals surface area contributed by atoms with Crippen LogP contribution in [0.15, 0.2) is 48.0 Å². The third-order valence-corrected chi connectivity index (χ3v) is 5.67. The Balaban J connectivity index is 1.53. The summed E-state index contributed by atoms with van der Waals surface area (Å²) >= 11 is 1.30. The maximum absolute atomic E-state index is 12.4. The zero-order chi connectivity index (χ0) is 23.8. The zero-order valence-corrected chi connectivity index (χ0v) is 19.9. The molecular formula is C25H26N4O3S. The average molecular weight is 463 g/mol. The standard InChI is InChI=1S/C25H26N4O3S/c1-16(2)24-28-29-25(33-24)27-23(30)20(15-26)14-19-5-7-21(8-6-19)31-9-10-32-22-12-17(3)11-18(4)13-22/h5-8,11-14,16H,9-10H2,1-4H3,(H,27,29,30)/b20-14-. The van der Waals surface area contributed by atoms with Crippen LogP contribution in [0.1, 0.15) is 41.5 Å². The molecule has 0 aliphatic heterocycles. The molecule has 0 atom stereocenters. The molecule has 1 heterocycles. The van der Waals surface area contributed by atoms with Crippen molar-refractivity contribution in [2.45, 2.75) is 33.6 Å². The molecule has 1 amide bonds. The molecule has 7 nitrogen and oxygen atoms in total. The Morgan fingerprint density at radius 1 is 1.06 bits per heavy atom. The molecule has 0 aliphatic carbocycles. The van der Waals surface area contributed by atoms with Crippen molar-refractivity contribution in [1.29, 1.82) is 5.26 Å². The number of nitriles is 1. The zero-order valence-electron chi connectivity index (χ0n) is 19.1. The number of benzene rings is 2. The highest BCUT2D eigenvalue weighted by Gasteiger charge is 2.14. The number of rotatable bonds is 9. The molecule has 3 aromatic rings. The fraction of sp³-hybridized carbons (Fsp3) is 0.280. The van der Waals surface area contributed by atoms with Gasteiger partial charge in [0.25, 0.3) is 5.91 Å². The molecule has 1 aromatic heterocycles. The van der Waals surface area contributed by atoms with Gasteiger partial charge in [-0.05, 0) is 60.9 Å². The molecule has 170 valence electrons. The first-order chi connectivity index (χ1) is 15.8. The molecule has 3 rings (SSSR count). The fourth-order valence-electron chi connectivity index (χ4n) is 2.99. The number of anilines is 1. The van der Waals surface area contributed by atoms with Crippen LogP contribution in [-0.4, -0.2) is 29.3 Å². The predicted octanol–water partition coefficient (Wildman–Crippen LogP) is 5.28. The second-order valence-corrected chi connectivity index (χ2v) is 8.82. The van der Waals surface area contributed by atoms with Crippen LogP contribution in [0.3, 0.4) is 0 Å². The molecule has 0 fully saturated rings. The van der Waals surface area contributed by atoms with E-state index in [1.165, 1.54) is 17.4 Å². The summed E-state index contributed by atoms with van der Waals surface area (Å²) in [5, 5.41) is 21.2. The summed E-state index contributed by atoms with van der Waals surface area (Å²) in [5.41, 5.74) is 3.00. The van der Waals surface area contributed by atoms with E-state index in [1.54, 1.807) is 24.3 Å². The van der Waals surface area contributed by atoms with Crippen molar-refractivity contribution in [2.75, 3.05) is 18.5 Å². The van der Waals surface area contributed by atoms with Crippen molar-refractivity contribution in [3.05, 3.63) is 69.7 Å². The lowest BCUT2D eigenvalue weighted by molar-refractivity contribution is -0.112. The Labute approximate surface area is 197 Å². The second kappa shape index (κ2) is 11.2. The van der Waals surface area contributed by atoms with Crippen LogP contribution in [0.2, 0.25) is 0 Å². The SMILES string of the molecule is Cc1cc(C)cc(OCCOc2ccc(/C=C(/C#N)C(=O)Nc3nnc(C(C)C)s3)cc2)c1. The van der Waals surface area contributed by atoms with Crippen LogP contribution >= 0.6 is 11.3 Å². The van der Waals surface area contributed by atoms with Gasteiger partial charge in [0.05, 0.1) is 0 Å². The smallest absolute Gasteiger partial charge is 0.268 e. The van der Waals surface area contributed by atoms with Crippen LogP contribution in [0.25, 0.3) is 6.08 Å². The lowest BCUT2D eigenvalue weighted by Gasteiger charge is -2.10. The maximum Gasteiger partial charge on any atom is 0.268 e. The third-order valence-electron chi connectivity index (χ3n) is 4.53. The lowest BCUT2D eigenvalue weighted by atomic mass is 10.1. The lowest BCUT2D eigenvalue weighted by Crippen LogP contribution is -2.13. The van der Waals surface area contributed by atoms with Crippen molar-refractivity contribution in [1.82, 2.24) is 10.2 Å². The predicted molar refractivity (Wildman–Crippen MR) is 130 cm³/mol. The topological polar surface area (TPSA) is 97.1 Å². The number of hydrogen-bond donors (Lipinski definition) is 1. The molecule has 0 bridgehead atoms. The Morgan fingerprint density at radius 2 is 1.70 bits per heavy atom. The van der Waals surface area contributed by atoms with Gasteiger partial charge in [0.15, 0.2) is 0 Å². The number of nitrogens with zero attached hydrogens (tertiary/aromatic N) is 3. The van der Waals surface area contributed by atoms with Crippen LogP contribution in [0.4, 0.5) is 5.13 Å². The van der Waals surface area contributed by atoms with Crippen molar-refractivity contribution >= 4 is 28.5 Å². The van der Waals surface area contributed by atoms with Crippen LogP contribution in [-0.2, 0) is 4.79 Å². The largest absolute Gasteiger partial charge is 0.490 e. The summed E-state index contributed by atoms with van der Waals surface area (Å²) in [7, 11) is 0. The average Bonchev–Trinajstić information content (AvgIpc) is 3.24. The normalized spacial score (nSPS) is 11.2. The molecular weight excluding hydrogens is 436 g/mol. The fourth-order valence-corrected chi connectivity index (χ4v) is 3.73. The third kappa shape index (κ3) is 7.16. The summed E-state index contributed by atoms with van der Waals surface area (Å²) in [6.07, 6.45) is 1.52. The van der Waals surface area contributed by atoms with Crippen LogP contribution in [0.5, 0.6) is 11.5 Å². The van der Waals surface area contributed by atoms with Gasteiger partial charge in [0.1, 0.15) is 41.4 Å². The van der Waals surface area contributed by atoms with Gasteiger partial charge < -0.3 is 9.47 Å². The number of nitrogens with one attached hydrogen (secondary N) is 1. The van der Waals surface area contributed by atoms with Gasteiger partial charge in [0.2, 0.25) is 5.13 Å². The molecule has 0 saturated carbocycles. The van der Waals surface area contributed by atoms with E-state index in [0.29, 0.717) is 29.7 Å². The Hall–Kier alpha value is -3.70. The number of aromatic nitrogens is 2. The molecule has 0 radical (unpaired) electrons. The van der Waals surface area contributed by atoms with E-state index >= 15 is 0 Å². The molecule has 1 N–H and O–H groups in total. The van der Waals surface area contributed by atoms with Crippen molar-refractivity contribution in [3.63, 3.8) is 0 Å². The number of carbonyl (C=O) groups is 1. The van der Waals surface area contributed by atoms with E-state index in [4.69, 9.17) is 9.47 Å². The first kappa shape index (κ1) is 24.0. The highest BCUT2D eigenvalue weighted by atomic mass is 32.1. The minimum Gasteiger partial charge on any atom is -0.490 e. The van der Waals surface area contributed by atoms with Crippen molar-refractivity contribution in [3.8, 4) is 17.6 Å². The van der Waals surface area contributed by atoms with Gasteiger partial charge in [-0.3, -0.25) is 10.1 Å². The van der Waals surface area contributed by atoms with Gasteiger partial charge in [-0.2, -0.15) is 5.26 Å². The summed E-state index contributed by atoms with van der Waals surface area (Å²) in [4.78, 5) is 12.4. The van der Waals surface area contributed by atoms with Crippen LogP contribution in [0, 0.1) is 25.2 Å². The first-order valence-electron chi connectivity index (χ1n) is 10.5. The number of hydrogen-bond acceptors (Lipinski definition) is 7. The van der Waals surface area contributed by atoms with Gasteiger partial charge in [-0.15, -0.1) is 10.2 Å². The van der Waals surface area contributed by atoms with Gasteiger partial charge in [0, 0.05) is 5.92 Å². The number of ether oxygens (including phenoxy) is 2. The van der Waals surface area contributed by atoms with Gasteiger partial charge >= 0.3 is 0 Å². The quantitative estimate of drug-likeness (QED) is 0.264. The summed E-state index contributed by atoms with van der Waals surface area (Å²) < 4.78 is 11.5. The van der Waals surface area contributed by atoms with E-state index in [1.807, 2.05) is 45.9 Å². The minimum absolute atomic E-state index is 0.0215. The van der Waals surface area contributed by atoms with E-state index in [9.17, 15) is 10.1 Å². The first-order valence-corrected chi connectivity index (χ1v) is 11.4. The second-order valence-electron chi connectivity index (χ2n) is 7.81. The van der Waals surface area contributed by atoms with Gasteiger partial charge in [-0.1, -0.05) is 43.4 Å². The Bertz CT molecular complexity index is 1160. The van der Waals surface area contributed by atoms with E-state index in [0.717, 1.165) is 21.9 Å². The highest BCUT2D eigenvalue weighted by Crippen LogP contribution is 2.23. The van der Waals surface area contributed by atoms with Gasteiger partial charge in [-0.25, -0.2) is 0 Å². The number of carbonyl (C=O) groups excluding carboxylic acids is 1. The van der Waals surface area contributed by atoms with E-state index in [2.05, 4.69) is 21.6 Å². The molecule has 8 heteroatoms.